The third kappa shape index (κ3) is 6.28. The van der Waals surface area contributed by atoms with Gasteiger partial charge in [0.05, 0.1) is 19.3 Å². The predicted molar refractivity (Wildman–Crippen MR) is 110 cm³/mol. The molecule has 0 aromatic heterocycles. The Hall–Kier alpha value is -2.01. The molecule has 1 fully saturated rings. The number of aliphatic imine (C=N–C) groups is 1. The molecule has 0 saturated heterocycles. The van der Waals surface area contributed by atoms with E-state index >= 15 is 0 Å². The van der Waals surface area contributed by atoms with Gasteiger partial charge in [-0.2, -0.15) is 0 Å². The number of ether oxygens (including phenoxy) is 2. The molecule has 2 aliphatic rings. The van der Waals surface area contributed by atoms with Crippen molar-refractivity contribution in [2.75, 3.05) is 26.8 Å². The zero-order chi connectivity index (χ0) is 18.9. The summed E-state index contributed by atoms with van der Waals surface area (Å²) in [7, 11) is 1.81. The zero-order valence-corrected chi connectivity index (χ0v) is 16.7. The second-order valence-corrected chi connectivity index (χ2v) is 7.43. The quantitative estimate of drug-likeness (QED) is 0.436. The van der Waals surface area contributed by atoms with E-state index in [9.17, 15) is 0 Å². The van der Waals surface area contributed by atoms with Crippen LogP contribution in [0.4, 0.5) is 0 Å². The van der Waals surface area contributed by atoms with Crippen molar-refractivity contribution in [1.29, 1.82) is 0 Å². The Labute approximate surface area is 163 Å². The van der Waals surface area contributed by atoms with Crippen molar-refractivity contribution >= 4 is 5.96 Å². The van der Waals surface area contributed by atoms with Crippen molar-refractivity contribution in [2.45, 2.75) is 58.1 Å². The highest BCUT2D eigenvalue weighted by atomic mass is 16.5. The number of aryl methyl sites for hydroxylation is 1. The summed E-state index contributed by atoms with van der Waals surface area (Å²) in [6, 6.07) is 6.46. The van der Waals surface area contributed by atoms with Gasteiger partial charge in [0.1, 0.15) is 5.75 Å². The van der Waals surface area contributed by atoms with E-state index in [-0.39, 0.29) is 0 Å². The lowest BCUT2D eigenvalue weighted by Gasteiger charge is -2.19. The van der Waals surface area contributed by atoms with Crippen molar-refractivity contribution in [3.05, 3.63) is 41.0 Å². The Balaban J connectivity index is 1.50. The number of hydrogen-bond acceptors (Lipinski definition) is 3. The maximum absolute atomic E-state index is 6.29. The first kappa shape index (κ1) is 19.7. The molecule has 0 bridgehead atoms. The number of rotatable bonds is 7. The molecular weight excluding hydrogens is 338 g/mol. The molecule has 2 N–H and O–H groups in total. The molecule has 5 heteroatoms. The summed E-state index contributed by atoms with van der Waals surface area (Å²) >= 11 is 0. The van der Waals surface area contributed by atoms with Crippen LogP contribution in [0.2, 0.25) is 0 Å². The van der Waals surface area contributed by atoms with E-state index in [1.54, 1.807) is 0 Å². The van der Waals surface area contributed by atoms with E-state index in [2.05, 4.69) is 46.8 Å². The minimum Gasteiger partial charge on any atom is -0.490 e. The third-order valence-corrected chi connectivity index (χ3v) is 5.28. The summed E-state index contributed by atoms with van der Waals surface area (Å²) in [5.41, 5.74) is 3.89. The molecule has 5 nitrogen and oxygen atoms in total. The summed E-state index contributed by atoms with van der Waals surface area (Å²) in [5, 5.41) is 6.83. The maximum atomic E-state index is 6.29. The number of nitrogens with zero attached hydrogens (tertiary/aromatic N) is 1. The summed E-state index contributed by atoms with van der Waals surface area (Å²) in [6.07, 6.45) is 9.54. The van der Waals surface area contributed by atoms with Crippen LogP contribution >= 0.6 is 0 Å². The Morgan fingerprint density at radius 3 is 2.85 bits per heavy atom. The topological polar surface area (TPSA) is 54.9 Å². The fourth-order valence-corrected chi connectivity index (χ4v) is 3.64. The highest BCUT2D eigenvalue weighted by Gasteiger charge is 2.18. The lowest BCUT2D eigenvalue weighted by atomic mass is 10.1. The second kappa shape index (κ2) is 10.4. The molecule has 1 aromatic rings. The first-order valence-electron chi connectivity index (χ1n) is 10.2. The van der Waals surface area contributed by atoms with Crippen LogP contribution in [0, 0.1) is 6.92 Å². The molecule has 0 spiro atoms. The number of benzene rings is 1. The highest BCUT2D eigenvalue weighted by Crippen LogP contribution is 2.27. The fourth-order valence-electron chi connectivity index (χ4n) is 3.64. The molecule has 0 radical (unpaired) electrons. The van der Waals surface area contributed by atoms with Crippen molar-refractivity contribution in [1.82, 2.24) is 10.6 Å². The molecule has 1 aliphatic carbocycles. The van der Waals surface area contributed by atoms with Crippen molar-refractivity contribution in [3.8, 4) is 5.75 Å². The van der Waals surface area contributed by atoms with Crippen LogP contribution in [0.5, 0.6) is 5.75 Å². The SMILES string of the molecule is CN=C(NCCC1=CCOCC1)NCc1ccc(C)cc1OC1CCCC1. The Morgan fingerprint density at radius 2 is 2.11 bits per heavy atom. The summed E-state index contributed by atoms with van der Waals surface area (Å²) in [4.78, 5) is 4.35. The van der Waals surface area contributed by atoms with Crippen LogP contribution < -0.4 is 15.4 Å². The van der Waals surface area contributed by atoms with Crippen LogP contribution in [0.15, 0.2) is 34.8 Å². The average molecular weight is 372 g/mol. The first-order valence-corrected chi connectivity index (χ1v) is 10.2. The number of guanidine groups is 1. The smallest absolute Gasteiger partial charge is 0.191 e. The average Bonchev–Trinajstić information content (AvgIpc) is 3.19. The zero-order valence-electron chi connectivity index (χ0n) is 16.7. The molecular formula is C22H33N3O2. The van der Waals surface area contributed by atoms with Gasteiger partial charge >= 0.3 is 0 Å². The number of nitrogens with one attached hydrogen (secondary N) is 2. The van der Waals surface area contributed by atoms with Gasteiger partial charge in [0.25, 0.3) is 0 Å². The monoisotopic (exact) mass is 371 g/mol. The van der Waals surface area contributed by atoms with Gasteiger partial charge in [-0.25, -0.2) is 0 Å². The van der Waals surface area contributed by atoms with Gasteiger partial charge in [0.15, 0.2) is 5.96 Å². The van der Waals surface area contributed by atoms with Crippen LogP contribution in [-0.2, 0) is 11.3 Å². The van der Waals surface area contributed by atoms with Gasteiger partial charge in [-0.1, -0.05) is 23.8 Å². The molecule has 148 valence electrons. The lowest BCUT2D eigenvalue weighted by molar-refractivity contribution is 0.153. The Bertz CT molecular complexity index is 664. The molecule has 1 heterocycles. The normalized spacial score (nSPS) is 18.3. The van der Waals surface area contributed by atoms with E-state index in [1.807, 2.05) is 7.05 Å². The third-order valence-electron chi connectivity index (χ3n) is 5.28. The van der Waals surface area contributed by atoms with E-state index in [0.717, 1.165) is 44.3 Å². The van der Waals surface area contributed by atoms with Crippen LogP contribution in [0.1, 0.15) is 49.7 Å². The Kier molecular flexibility index (Phi) is 7.57. The van der Waals surface area contributed by atoms with E-state index in [4.69, 9.17) is 9.47 Å². The molecule has 27 heavy (non-hydrogen) atoms. The van der Waals surface area contributed by atoms with Crippen molar-refractivity contribution in [2.24, 2.45) is 4.99 Å². The molecule has 1 aliphatic heterocycles. The van der Waals surface area contributed by atoms with Crippen LogP contribution in [-0.4, -0.2) is 38.9 Å². The molecule has 0 atom stereocenters. The van der Waals surface area contributed by atoms with Gasteiger partial charge in [0, 0.05) is 25.7 Å². The van der Waals surface area contributed by atoms with Gasteiger partial charge in [-0.3, -0.25) is 4.99 Å². The minimum absolute atomic E-state index is 0.371. The fraction of sp³-hybridized carbons (Fsp3) is 0.591. The Morgan fingerprint density at radius 1 is 1.26 bits per heavy atom. The maximum Gasteiger partial charge on any atom is 0.191 e. The standard InChI is InChI=1S/C22H33N3O2/c1-17-7-8-19(21(15-17)27-20-5-3-4-6-20)16-25-22(23-2)24-12-9-18-10-13-26-14-11-18/h7-8,10,15,20H,3-6,9,11-14,16H2,1-2H3,(H2,23,24,25). The second-order valence-electron chi connectivity index (χ2n) is 7.43. The lowest BCUT2D eigenvalue weighted by Crippen LogP contribution is -2.37. The summed E-state index contributed by atoms with van der Waals surface area (Å²) in [5.74, 6) is 1.84. The van der Waals surface area contributed by atoms with E-state index < -0.39 is 0 Å². The first-order chi connectivity index (χ1) is 13.2. The van der Waals surface area contributed by atoms with E-state index in [1.165, 1.54) is 42.4 Å². The summed E-state index contributed by atoms with van der Waals surface area (Å²) in [6.45, 7) is 5.29. The van der Waals surface area contributed by atoms with Gasteiger partial charge in [-0.05, 0) is 57.1 Å². The minimum atomic E-state index is 0.371. The van der Waals surface area contributed by atoms with Gasteiger partial charge in [0.2, 0.25) is 0 Å². The van der Waals surface area contributed by atoms with Crippen LogP contribution in [0.25, 0.3) is 0 Å². The van der Waals surface area contributed by atoms with Gasteiger partial charge in [-0.15, -0.1) is 0 Å². The van der Waals surface area contributed by atoms with Gasteiger partial charge < -0.3 is 20.1 Å². The summed E-state index contributed by atoms with van der Waals surface area (Å²) < 4.78 is 11.7. The van der Waals surface area contributed by atoms with Crippen molar-refractivity contribution < 1.29 is 9.47 Å². The predicted octanol–water partition coefficient (Wildman–Crippen LogP) is 3.72. The highest BCUT2D eigenvalue weighted by molar-refractivity contribution is 5.79. The van der Waals surface area contributed by atoms with Crippen molar-refractivity contribution in [3.63, 3.8) is 0 Å². The number of hydrogen-bond donors (Lipinski definition) is 2. The molecule has 3 rings (SSSR count). The van der Waals surface area contributed by atoms with Crippen LogP contribution in [0.3, 0.4) is 0 Å². The largest absolute Gasteiger partial charge is 0.490 e. The molecule has 0 unspecified atom stereocenters. The molecule has 1 aromatic carbocycles. The van der Waals surface area contributed by atoms with E-state index in [0.29, 0.717) is 12.6 Å². The molecule has 0 amide bonds. The molecule has 1 saturated carbocycles.